The largest absolute Gasteiger partial charge is 0.328 e. The average Bonchev–Trinajstić information content (AvgIpc) is 2.95. The lowest BCUT2D eigenvalue weighted by Crippen LogP contribution is -2.25. The van der Waals surface area contributed by atoms with Crippen LogP contribution in [0.5, 0.6) is 0 Å². The number of hydrogen-bond donors (Lipinski definition) is 0. The molecule has 0 saturated heterocycles. The zero-order valence-corrected chi connectivity index (χ0v) is 16.0. The Labute approximate surface area is 148 Å². The Kier molecular flexibility index (Phi) is 5.81. The first-order chi connectivity index (χ1) is 11.7. The molecular weight excluding hydrogens is 344 g/mol. The van der Waals surface area contributed by atoms with Crippen LogP contribution in [0, 0.1) is 0 Å². The van der Waals surface area contributed by atoms with Gasteiger partial charge in [0.05, 0.1) is 23.0 Å². The molecule has 138 valence electrons. The Morgan fingerprint density at radius 3 is 2.52 bits per heavy atom. The van der Waals surface area contributed by atoms with Crippen molar-refractivity contribution >= 4 is 27.0 Å². The first-order valence-electron chi connectivity index (χ1n) is 7.94. The van der Waals surface area contributed by atoms with E-state index in [1.54, 1.807) is 25.2 Å². The number of sulfonamides is 1. The number of benzene rings is 1. The van der Waals surface area contributed by atoms with E-state index in [1.165, 1.54) is 30.6 Å². The van der Waals surface area contributed by atoms with Crippen molar-refractivity contribution in [2.24, 2.45) is 0 Å². The van der Waals surface area contributed by atoms with Crippen LogP contribution in [-0.2, 0) is 32.6 Å². The number of aromatic nitrogens is 2. The predicted molar refractivity (Wildman–Crippen MR) is 94.4 cm³/mol. The minimum absolute atomic E-state index is 0.145. The molecule has 0 fully saturated rings. The summed E-state index contributed by atoms with van der Waals surface area (Å²) in [5, 5.41) is 1.18. The van der Waals surface area contributed by atoms with Crippen LogP contribution < -0.4 is 0 Å². The van der Waals surface area contributed by atoms with Crippen molar-refractivity contribution in [3.8, 4) is 0 Å². The van der Waals surface area contributed by atoms with Crippen molar-refractivity contribution in [1.82, 2.24) is 18.9 Å². The van der Waals surface area contributed by atoms with Gasteiger partial charge in [-0.3, -0.25) is 9.63 Å². The summed E-state index contributed by atoms with van der Waals surface area (Å²) < 4.78 is 27.7. The Hall–Kier alpha value is -1.97. The number of nitrogens with zero attached hydrogens (tertiary/aromatic N) is 4. The van der Waals surface area contributed by atoms with E-state index in [0.717, 1.165) is 11.3 Å². The maximum Gasteiger partial charge on any atom is 0.246 e. The number of carbonyl (C=O) groups excluding carboxylic acids is 1. The van der Waals surface area contributed by atoms with Crippen LogP contribution in [0.1, 0.15) is 19.2 Å². The van der Waals surface area contributed by atoms with Crippen LogP contribution in [0.2, 0.25) is 0 Å². The van der Waals surface area contributed by atoms with Crippen LogP contribution in [0.3, 0.4) is 0 Å². The molecule has 9 heteroatoms. The van der Waals surface area contributed by atoms with Gasteiger partial charge in [-0.15, -0.1) is 0 Å². The molecule has 0 unspecified atom stereocenters. The molecule has 1 heterocycles. The minimum Gasteiger partial charge on any atom is -0.328 e. The van der Waals surface area contributed by atoms with Gasteiger partial charge in [-0.25, -0.2) is 22.8 Å². The number of amides is 1. The summed E-state index contributed by atoms with van der Waals surface area (Å²) in [4.78, 5) is 21.5. The summed E-state index contributed by atoms with van der Waals surface area (Å²) in [5.41, 5.74) is 1.45. The fourth-order valence-corrected chi connectivity index (χ4v) is 3.47. The van der Waals surface area contributed by atoms with E-state index >= 15 is 0 Å². The Morgan fingerprint density at radius 2 is 1.96 bits per heavy atom. The van der Waals surface area contributed by atoms with Crippen LogP contribution in [0.25, 0.3) is 11.0 Å². The average molecular weight is 368 g/mol. The molecule has 8 nitrogen and oxygen atoms in total. The normalized spacial score (nSPS) is 12.1. The van der Waals surface area contributed by atoms with Crippen molar-refractivity contribution in [3.63, 3.8) is 0 Å². The smallest absolute Gasteiger partial charge is 0.246 e. The molecule has 2 rings (SSSR count). The van der Waals surface area contributed by atoms with Gasteiger partial charge in [-0.2, -0.15) is 0 Å². The number of rotatable bonds is 7. The predicted octanol–water partition coefficient (Wildman–Crippen LogP) is 1.26. The van der Waals surface area contributed by atoms with E-state index in [2.05, 4.69) is 4.98 Å². The maximum absolute atomic E-state index is 12.3. The van der Waals surface area contributed by atoms with Gasteiger partial charge < -0.3 is 4.57 Å². The maximum atomic E-state index is 12.3. The number of aryl methyl sites for hydroxylation is 2. The third-order valence-corrected chi connectivity index (χ3v) is 5.89. The van der Waals surface area contributed by atoms with E-state index in [0.29, 0.717) is 18.5 Å². The molecule has 0 bridgehead atoms. The molecule has 0 aliphatic rings. The second-order valence-corrected chi connectivity index (χ2v) is 7.94. The highest BCUT2D eigenvalue weighted by molar-refractivity contribution is 7.89. The van der Waals surface area contributed by atoms with Crippen molar-refractivity contribution in [2.75, 3.05) is 28.3 Å². The minimum atomic E-state index is -3.51. The van der Waals surface area contributed by atoms with Gasteiger partial charge in [0.25, 0.3) is 0 Å². The molecule has 0 aliphatic carbocycles. The Bertz CT molecular complexity index is 874. The van der Waals surface area contributed by atoms with Crippen molar-refractivity contribution < 1.29 is 18.0 Å². The molecule has 1 aromatic carbocycles. The molecule has 0 N–H and O–H groups in total. The number of hydroxylamine groups is 2. The lowest BCUT2D eigenvalue weighted by atomic mass is 10.3. The third-order valence-electron chi connectivity index (χ3n) is 4.08. The van der Waals surface area contributed by atoms with Gasteiger partial charge in [-0.1, -0.05) is 0 Å². The van der Waals surface area contributed by atoms with Crippen LogP contribution >= 0.6 is 0 Å². The monoisotopic (exact) mass is 368 g/mol. The summed E-state index contributed by atoms with van der Waals surface area (Å²) in [5.74, 6) is 0.600. The lowest BCUT2D eigenvalue weighted by molar-refractivity contribution is -0.168. The van der Waals surface area contributed by atoms with Gasteiger partial charge in [0.1, 0.15) is 5.82 Å². The summed E-state index contributed by atoms with van der Waals surface area (Å²) in [7, 11) is 2.47. The van der Waals surface area contributed by atoms with Crippen molar-refractivity contribution in [2.45, 2.75) is 31.2 Å². The second kappa shape index (κ2) is 7.51. The topological polar surface area (TPSA) is 84.7 Å². The van der Waals surface area contributed by atoms with E-state index in [4.69, 9.17) is 4.84 Å². The van der Waals surface area contributed by atoms with Gasteiger partial charge in [0.15, 0.2) is 0 Å². The molecule has 0 saturated carbocycles. The van der Waals surface area contributed by atoms with E-state index in [-0.39, 0.29) is 17.2 Å². The fraction of sp³-hybridized carbons (Fsp3) is 0.500. The SMILES string of the molecule is CCn1c(CCC(=O)N(C)OC)nc2cc(S(=O)(=O)N(C)C)ccc21. The quantitative estimate of drug-likeness (QED) is 0.687. The van der Waals surface area contributed by atoms with E-state index in [1.807, 2.05) is 11.5 Å². The Balaban J connectivity index is 2.38. The molecule has 1 aromatic heterocycles. The zero-order valence-electron chi connectivity index (χ0n) is 15.2. The molecule has 0 aliphatic heterocycles. The molecule has 0 atom stereocenters. The number of fused-ring (bicyclic) bond motifs is 1. The van der Waals surface area contributed by atoms with Gasteiger partial charge in [-0.05, 0) is 25.1 Å². The van der Waals surface area contributed by atoms with E-state index in [9.17, 15) is 13.2 Å². The van der Waals surface area contributed by atoms with Gasteiger partial charge in [0.2, 0.25) is 15.9 Å². The summed E-state index contributed by atoms with van der Waals surface area (Å²) in [6.45, 7) is 2.66. The first-order valence-corrected chi connectivity index (χ1v) is 9.38. The molecule has 2 aromatic rings. The first kappa shape index (κ1) is 19.4. The lowest BCUT2D eigenvalue weighted by Gasteiger charge is -2.13. The summed E-state index contributed by atoms with van der Waals surface area (Å²) in [6, 6.07) is 4.91. The highest BCUT2D eigenvalue weighted by Crippen LogP contribution is 2.22. The molecule has 0 spiro atoms. The molecule has 1 amide bonds. The van der Waals surface area contributed by atoms with E-state index < -0.39 is 10.0 Å². The van der Waals surface area contributed by atoms with Crippen molar-refractivity contribution in [3.05, 3.63) is 24.0 Å². The summed E-state index contributed by atoms with van der Waals surface area (Å²) >= 11 is 0. The standard InChI is InChI=1S/C16H24N4O4S/c1-6-20-14-8-7-12(25(22,23)18(2)3)11-13(14)17-15(20)9-10-16(21)19(4)24-5/h7-8,11H,6,9-10H2,1-5H3. The van der Waals surface area contributed by atoms with Gasteiger partial charge >= 0.3 is 0 Å². The second-order valence-electron chi connectivity index (χ2n) is 5.78. The zero-order chi connectivity index (χ0) is 18.8. The number of hydrogen-bond acceptors (Lipinski definition) is 5. The van der Waals surface area contributed by atoms with Gasteiger partial charge in [0, 0.05) is 40.5 Å². The van der Waals surface area contributed by atoms with Crippen LogP contribution in [-0.4, -0.2) is 61.5 Å². The highest BCUT2D eigenvalue weighted by Gasteiger charge is 2.20. The fourth-order valence-electron chi connectivity index (χ4n) is 2.55. The third kappa shape index (κ3) is 3.83. The van der Waals surface area contributed by atoms with Crippen LogP contribution in [0.4, 0.5) is 0 Å². The molecular formula is C16H24N4O4S. The number of imidazole rings is 1. The van der Waals surface area contributed by atoms with Crippen LogP contribution in [0.15, 0.2) is 23.1 Å². The Morgan fingerprint density at radius 1 is 1.28 bits per heavy atom. The van der Waals surface area contributed by atoms with Crippen molar-refractivity contribution in [1.29, 1.82) is 0 Å². The molecule has 0 radical (unpaired) electrons. The highest BCUT2D eigenvalue weighted by atomic mass is 32.2. The number of carbonyl (C=O) groups is 1. The summed E-state index contributed by atoms with van der Waals surface area (Å²) in [6.07, 6.45) is 0.710. The molecule has 25 heavy (non-hydrogen) atoms.